The topological polar surface area (TPSA) is 43.7 Å². The monoisotopic (exact) mass is 267 g/mol. The number of nitrogens with zero attached hydrogens (tertiary/aromatic N) is 1. The van der Waals surface area contributed by atoms with Crippen molar-refractivity contribution in [2.45, 2.75) is 24.3 Å². The Labute approximate surface area is 113 Å². The zero-order valence-corrected chi connectivity index (χ0v) is 11.4. The van der Waals surface area contributed by atoms with Crippen LogP contribution in [0.15, 0.2) is 30.3 Å². The van der Waals surface area contributed by atoms with Crippen molar-refractivity contribution in [2.24, 2.45) is 0 Å². The van der Waals surface area contributed by atoms with Gasteiger partial charge in [0.05, 0.1) is 12.7 Å². The van der Waals surface area contributed by atoms with Crippen LogP contribution in [-0.2, 0) is 5.75 Å². The van der Waals surface area contributed by atoms with E-state index in [1.807, 2.05) is 17.8 Å². The van der Waals surface area contributed by atoms with Crippen LogP contribution in [0.5, 0.6) is 0 Å². The molecule has 18 heavy (non-hydrogen) atoms. The summed E-state index contributed by atoms with van der Waals surface area (Å²) in [4.78, 5) is 2.20. The highest BCUT2D eigenvalue weighted by Crippen LogP contribution is 2.19. The Morgan fingerprint density at radius 2 is 2.06 bits per heavy atom. The van der Waals surface area contributed by atoms with Crippen LogP contribution in [0.1, 0.15) is 12.0 Å². The second-order valence-corrected chi connectivity index (χ2v) is 5.86. The zero-order valence-electron chi connectivity index (χ0n) is 10.5. The predicted octanol–water partition coefficient (Wildman–Crippen LogP) is 1.35. The average Bonchev–Trinajstić information content (AvgIpc) is 2.76. The highest BCUT2D eigenvalue weighted by atomic mass is 32.2. The van der Waals surface area contributed by atoms with Crippen LogP contribution in [0.4, 0.5) is 0 Å². The summed E-state index contributed by atoms with van der Waals surface area (Å²) >= 11 is 1.90. The summed E-state index contributed by atoms with van der Waals surface area (Å²) in [5.41, 5.74) is 1.35. The molecule has 1 saturated heterocycles. The van der Waals surface area contributed by atoms with Crippen molar-refractivity contribution in [3.63, 3.8) is 0 Å². The van der Waals surface area contributed by atoms with E-state index in [1.54, 1.807) is 0 Å². The van der Waals surface area contributed by atoms with Gasteiger partial charge in [-0.1, -0.05) is 30.3 Å². The van der Waals surface area contributed by atoms with Gasteiger partial charge in [0, 0.05) is 30.6 Å². The van der Waals surface area contributed by atoms with Gasteiger partial charge in [0.25, 0.3) is 0 Å². The first kappa shape index (κ1) is 13.9. The van der Waals surface area contributed by atoms with Gasteiger partial charge in [-0.15, -0.1) is 0 Å². The van der Waals surface area contributed by atoms with Gasteiger partial charge < -0.3 is 10.2 Å². The molecule has 0 amide bonds. The number of hydrogen-bond acceptors (Lipinski definition) is 4. The molecule has 0 aliphatic carbocycles. The van der Waals surface area contributed by atoms with Crippen molar-refractivity contribution >= 4 is 11.8 Å². The maximum atomic E-state index is 9.58. The van der Waals surface area contributed by atoms with Gasteiger partial charge in [-0.3, -0.25) is 4.90 Å². The van der Waals surface area contributed by atoms with E-state index >= 15 is 0 Å². The van der Waals surface area contributed by atoms with Crippen LogP contribution in [0.2, 0.25) is 0 Å². The van der Waals surface area contributed by atoms with E-state index in [2.05, 4.69) is 29.2 Å². The molecule has 1 aliphatic heterocycles. The molecule has 0 saturated carbocycles. The largest absolute Gasteiger partial charge is 0.395 e. The number of aliphatic hydroxyl groups excluding tert-OH is 2. The first-order valence-corrected chi connectivity index (χ1v) is 7.59. The minimum atomic E-state index is -0.263. The highest BCUT2D eigenvalue weighted by molar-refractivity contribution is 7.98. The van der Waals surface area contributed by atoms with E-state index in [4.69, 9.17) is 0 Å². The lowest BCUT2D eigenvalue weighted by Gasteiger charge is -2.21. The van der Waals surface area contributed by atoms with Crippen LogP contribution in [0.3, 0.4) is 0 Å². The number of thioether (sulfide) groups is 1. The van der Waals surface area contributed by atoms with Crippen LogP contribution < -0.4 is 0 Å². The Morgan fingerprint density at radius 3 is 2.78 bits per heavy atom. The quantitative estimate of drug-likeness (QED) is 0.764. The second kappa shape index (κ2) is 7.14. The lowest BCUT2D eigenvalue weighted by atomic mass is 10.2. The molecular weight excluding hydrogens is 246 g/mol. The van der Waals surface area contributed by atoms with Crippen molar-refractivity contribution in [1.82, 2.24) is 4.90 Å². The number of hydrogen-bond donors (Lipinski definition) is 2. The highest BCUT2D eigenvalue weighted by Gasteiger charge is 2.29. The molecular formula is C14H21NO2S. The molecule has 0 aromatic heterocycles. The van der Waals surface area contributed by atoms with Crippen molar-refractivity contribution in [1.29, 1.82) is 0 Å². The van der Waals surface area contributed by atoms with E-state index in [0.717, 1.165) is 18.1 Å². The maximum Gasteiger partial charge on any atom is 0.0683 e. The van der Waals surface area contributed by atoms with Crippen LogP contribution in [0, 0.1) is 0 Å². The van der Waals surface area contributed by atoms with E-state index in [9.17, 15) is 10.2 Å². The summed E-state index contributed by atoms with van der Waals surface area (Å²) in [5, 5.41) is 18.8. The fraction of sp³-hybridized carbons (Fsp3) is 0.571. The third kappa shape index (κ3) is 3.99. The smallest absolute Gasteiger partial charge is 0.0683 e. The third-order valence-corrected chi connectivity index (χ3v) is 4.36. The van der Waals surface area contributed by atoms with E-state index in [1.165, 1.54) is 5.56 Å². The summed E-state index contributed by atoms with van der Waals surface area (Å²) in [6.07, 6.45) is 0.445. The van der Waals surface area contributed by atoms with Gasteiger partial charge in [-0.05, 0) is 12.0 Å². The third-order valence-electron chi connectivity index (χ3n) is 3.35. The first-order valence-electron chi connectivity index (χ1n) is 6.44. The number of aliphatic hydroxyl groups is 2. The van der Waals surface area contributed by atoms with Crippen LogP contribution in [0.25, 0.3) is 0 Å². The number of rotatable bonds is 6. The molecule has 0 bridgehead atoms. The maximum absolute atomic E-state index is 9.58. The average molecular weight is 267 g/mol. The van der Waals surface area contributed by atoms with Gasteiger partial charge in [-0.2, -0.15) is 11.8 Å². The molecule has 100 valence electrons. The summed E-state index contributed by atoms with van der Waals surface area (Å²) in [6, 6.07) is 10.6. The molecule has 1 fully saturated rings. The number of likely N-dealkylation sites (tertiary alicyclic amines) is 1. The lowest BCUT2D eigenvalue weighted by molar-refractivity contribution is 0.162. The Bertz CT molecular complexity index is 347. The van der Waals surface area contributed by atoms with Gasteiger partial charge in [0.2, 0.25) is 0 Å². The number of β-amino-alcohol motifs (C(OH)–C–C–N with tert-alkyl or cyclic N) is 1. The zero-order chi connectivity index (χ0) is 12.8. The molecule has 2 N–H and O–H groups in total. The molecule has 1 aromatic carbocycles. The van der Waals surface area contributed by atoms with Gasteiger partial charge in [0.15, 0.2) is 0 Å². The molecule has 1 heterocycles. The standard InChI is InChI=1S/C14H21NO2S/c16-10-13-8-14(17)9-15(13)6-7-18-11-12-4-2-1-3-5-12/h1-5,13-14,16-17H,6-11H2/t13-,14-/m0/s1. The minimum absolute atomic E-state index is 0.150. The second-order valence-electron chi connectivity index (χ2n) is 4.76. The predicted molar refractivity (Wildman–Crippen MR) is 75.7 cm³/mol. The molecule has 1 aliphatic rings. The van der Waals surface area contributed by atoms with Crippen molar-refractivity contribution < 1.29 is 10.2 Å². The molecule has 3 nitrogen and oxygen atoms in total. The Balaban J connectivity index is 1.66. The summed E-state index contributed by atoms with van der Waals surface area (Å²) in [5.74, 6) is 2.07. The molecule has 2 atom stereocenters. The van der Waals surface area contributed by atoms with Crippen LogP contribution in [-0.4, -0.2) is 52.7 Å². The van der Waals surface area contributed by atoms with Crippen molar-refractivity contribution in [3.05, 3.63) is 35.9 Å². The minimum Gasteiger partial charge on any atom is -0.395 e. The Morgan fingerprint density at radius 1 is 1.28 bits per heavy atom. The molecule has 0 spiro atoms. The molecule has 2 rings (SSSR count). The molecule has 0 unspecified atom stereocenters. The van der Waals surface area contributed by atoms with Gasteiger partial charge >= 0.3 is 0 Å². The fourth-order valence-electron chi connectivity index (χ4n) is 2.37. The Hall–Kier alpha value is -0.550. The molecule has 0 radical (unpaired) electrons. The lowest BCUT2D eigenvalue weighted by Crippen LogP contribution is -2.34. The van der Waals surface area contributed by atoms with Crippen LogP contribution >= 0.6 is 11.8 Å². The normalized spacial score (nSPS) is 24.6. The van der Waals surface area contributed by atoms with E-state index in [0.29, 0.717) is 13.0 Å². The number of benzene rings is 1. The molecule has 1 aromatic rings. The Kier molecular flexibility index (Phi) is 5.50. The summed E-state index contributed by atoms with van der Waals surface area (Å²) in [6.45, 7) is 1.80. The molecule has 4 heteroatoms. The summed E-state index contributed by atoms with van der Waals surface area (Å²) in [7, 11) is 0. The van der Waals surface area contributed by atoms with Crippen molar-refractivity contribution in [2.75, 3.05) is 25.4 Å². The van der Waals surface area contributed by atoms with E-state index in [-0.39, 0.29) is 18.8 Å². The van der Waals surface area contributed by atoms with Gasteiger partial charge in [-0.25, -0.2) is 0 Å². The van der Waals surface area contributed by atoms with Gasteiger partial charge in [0.1, 0.15) is 0 Å². The summed E-state index contributed by atoms with van der Waals surface area (Å²) < 4.78 is 0. The fourth-order valence-corrected chi connectivity index (χ4v) is 3.30. The van der Waals surface area contributed by atoms with E-state index < -0.39 is 0 Å². The SMILES string of the molecule is OC[C@@H]1C[C@H](O)CN1CCSCc1ccccc1. The first-order chi connectivity index (χ1) is 8.79. The van der Waals surface area contributed by atoms with Crippen molar-refractivity contribution in [3.8, 4) is 0 Å².